The molecule has 0 bridgehead atoms. The largest absolute Gasteiger partial charge is 0.493 e. The third kappa shape index (κ3) is 7.72. The maximum Gasteiger partial charge on any atom is 0.410 e. The topological polar surface area (TPSA) is 71.6 Å². The van der Waals surface area contributed by atoms with Crippen LogP contribution in [0.25, 0.3) is 0 Å². The fraction of sp³-hybridized carbons (Fsp3) is 0.459. The summed E-state index contributed by atoms with van der Waals surface area (Å²) in [6.45, 7) is 11.9. The average Bonchev–Trinajstić information content (AvgIpc) is 3.00. The van der Waals surface area contributed by atoms with Crippen LogP contribution in [0, 0.1) is 5.92 Å². The smallest absolute Gasteiger partial charge is 0.410 e. The average molecular weight is 648 g/mol. The number of benzene rings is 3. The second kappa shape index (κ2) is 13.8. The Morgan fingerprint density at radius 2 is 1.65 bits per heavy atom. The van der Waals surface area contributed by atoms with Crippen molar-refractivity contribution in [1.82, 2.24) is 4.90 Å². The molecule has 0 spiro atoms. The van der Waals surface area contributed by atoms with E-state index in [1.807, 2.05) is 92.9 Å². The van der Waals surface area contributed by atoms with E-state index >= 15 is 0 Å². The highest BCUT2D eigenvalue weighted by Crippen LogP contribution is 2.44. The second-order valence-corrected chi connectivity index (χ2v) is 14.0. The highest BCUT2D eigenvalue weighted by molar-refractivity contribution is 6.30. The van der Waals surface area contributed by atoms with Gasteiger partial charge in [0.1, 0.15) is 5.60 Å². The van der Waals surface area contributed by atoms with E-state index in [0.717, 1.165) is 47.5 Å². The molecule has 1 fully saturated rings. The minimum Gasteiger partial charge on any atom is -0.493 e. The lowest BCUT2D eigenvalue weighted by Crippen LogP contribution is -2.43. The van der Waals surface area contributed by atoms with E-state index in [2.05, 4.69) is 24.1 Å². The zero-order valence-corrected chi connectivity index (χ0v) is 28.8. The Labute approximate surface area is 278 Å². The van der Waals surface area contributed by atoms with Crippen LogP contribution in [-0.2, 0) is 16.0 Å². The SMILES string of the molecule is COc1cc2c(cc1OC(C)C)[C@@H](c1ccc(Cl)cc1)N(c1ccc(N(C)CC3CCN(C(=O)OC(C)(C)C)CC3)cc1)C(=O)C2. The summed E-state index contributed by atoms with van der Waals surface area (Å²) in [6.07, 6.45) is 1.84. The van der Waals surface area contributed by atoms with Crippen LogP contribution in [0.4, 0.5) is 16.2 Å². The van der Waals surface area contributed by atoms with Crippen LogP contribution in [0.1, 0.15) is 70.2 Å². The van der Waals surface area contributed by atoms with Gasteiger partial charge >= 0.3 is 6.09 Å². The van der Waals surface area contributed by atoms with E-state index in [9.17, 15) is 9.59 Å². The highest BCUT2D eigenvalue weighted by atomic mass is 35.5. The van der Waals surface area contributed by atoms with Crippen molar-refractivity contribution in [3.05, 3.63) is 82.4 Å². The van der Waals surface area contributed by atoms with Gasteiger partial charge in [-0.05, 0) is 119 Å². The van der Waals surface area contributed by atoms with Crippen molar-refractivity contribution in [2.24, 2.45) is 5.92 Å². The molecule has 1 atom stereocenters. The number of anilines is 2. The number of amides is 2. The molecular weight excluding hydrogens is 602 g/mol. The van der Waals surface area contributed by atoms with Gasteiger partial charge in [0, 0.05) is 43.1 Å². The van der Waals surface area contributed by atoms with Crippen LogP contribution >= 0.6 is 11.6 Å². The third-order valence-corrected chi connectivity index (χ3v) is 8.76. The molecule has 46 heavy (non-hydrogen) atoms. The van der Waals surface area contributed by atoms with Crippen molar-refractivity contribution in [3.63, 3.8) is 0 Å². The standard InChI is InChI=1S/C37H46ClN3O5/c1-24(2)45-33-22-31-27(20-32(33)44-7)21-34(42)41(35(31)26-8-10-28(38)11-9-26)30-14-12-29(13-15-30)39(6)23-25-16-18-40(19-17-25)36(43)46-37(3,4)5/h8-15,20,22,24-25,35H,16-19,21,23H2,1-7H3/t35-/m1/s1. The molecule has 2 heterocycles. The van der Waals surface area contributed by atoms with Crippen molar-refractivity contribution in [3.8, 4) is 11.5 Å². The molecule has 0 unspecified atom stereocenters. The predicted octanol–water partition coefficient (Wildman–Crippen LogP) is 7.90. The molecule has 0 aliphatic carbocycles. The van der Waals surface area contributed by atoms with Gasteiger partial charge in [-0.3, -0.25) is 4.79 Å². The van der Waals surface area contributed by atoms with Gasteiger partial charge in [0.05, 0.1) is 25.7 Å². The van der Waals surface area contributed by atoms with Crippen molar-refractivity contribution < 1.29 is 23.8 Å². The predicted molar refractivity (Wildman–Crippen MR) is 183 cm³/mol. The molecule has 2 amide bonds. The number of hydrogen-bond donors (Lipinski definition) is 0. The summed E-state index contributed by atoms with van der Waals surface area (Å²) in [6, 6.07) is 19.5. The quantitative estimate of drug-likeness (QED) is 0.248. The molecule has 2 aliphatic rings. The molecule has 9 heteroatoms. The molecule has 5 rings (SSSR count). The number of hydrogen-bond acceptors (Lipinski definition) is 6. The van der Waals surface area contributed by atoms with E-state index in [0.29, 0.717) is 35.5 Å². The molecule has 0 saturated carbocycles. The molecule has 3 aromatic rings. The number of likely N-dealkylation sites (tertiary alicyclic amines) is 1. The molecule has 0 radical (unpaired) electrons. The van der Waals surface area contributed by atoms with Crippen LogP contribution < -0.4 is 19.3 Å². The number of carbonyl (C=O) groups excluding carboxylic acids is 2. The van der Waals surface area contributed by atoms with Crippen molar-refractivity contribution in [2.75, 3.05) is 43.6 Å². The van der Waals surface area contributed by atoms with E-state index < -0.39 is 5.60 Å². The Morgan fingerprint density at radius 3 is 2.24 bits per heavy atom. The van der Waals surface area contributed by atoms with Gasteiger partial charge in [0.25, 0.3) is 0 Å². The maximum absolute atomic E-state index is 13.9. The summed E-state index contributed by atoms with van der Waals surface area (Å²) in [7, 11) is 3.71. The van der Waals surface area contributed by atoms with Crippen LogP contribution in [0.15, 0.2) is 60.7 Å². The lowest BCUT2D eigenvalue weighted by atomic mass is 9.86. The van der Waals surface area contributed by atoms with Gasteiger partial charge in [0.2, 0.25) is 5.91 Å². The summed E-state index contributed by atoms with van der Waals surface area (Å²) >= 11 is 6.27. The van der Waals surface area contributed by atoms with E-state index in [1.165, 1.54) is 0 Å². The Hall–Kier alpha value is -3.91. The zero-order chi connectivity index (χ0) is 33.2. The first-order valence-electron chi connectivity index (χ1n) is 16.1. The summed E-state index contributed by atoms with van der Waals surface area (Å²) in [5, 5.41) is 0.638. The van der Waals surface area contributed by atoms with Crippen molar-refractivity contribution in [1.29, 1.82) is 0 Å². The molecule has 1 saturated heterocycles. The van der Waals surface area contributed by atoms with E-state index in [4.69, 9.17) is 25.8 Å². The summed E-state index contributed by atoms with van der Waals surface area (Å²) in [5.41, 5.74) is 4.28. The molecule has 246 valence electrons. The maximum atomic E-state index is 13.9. The van der Waals surface area contributed by atoms with Crippen molar-refractivity contribution >= 4 is 35.0 Å². The number of piperidine rings is 1. The summed E-state index contributed by atoms with van der Waals surface area (Å²) in [4.78, 5) is 32.3. The first-order valence-corrected chi connectivity index (χ1v) is 16.4. The lowest BCUT2D eigenvalue weighted by Gasteiger charge is -2.38. The Kier molecular flexibility index (Phi) is 10.1. The van der Waals surface area contributed by atoms with E-state index in [-0.39, 0.29) is 30.6 Å². The van der Waals surface area contributed by atoms with Gasteiger partial charge in [-0.25, -0.2) is 4.79 Å². The Bertz CT molecular complexity index is 1530. The molecule has 2 aliphatic heterocycles. The summed E-state index contributed by atoms with van der Waals surface area (Å²) < 4.78 is 17.3. The number of methoxy groups -OCH3 is 1. The van der Waals surface area contributed by atoms with Crippen molar-refractivity contribution in [2.45, 2.75) is 71.6 Å². The highest BCUT2D eigenvalue weighted by Gasteiger charge is 2.36. The third-order valence-electron chi connectivity index (χ3n) is 8.50. The zero-order valence-electron chi connectivity index (χ0n) is 28.0. The van der Waals surface area contributed by atoms with Gasteiger partial charge in [0.15, 0.2) is 11.5 Å². The number of ether oxygens (including phenoxy) is 3. The normalized spacial score (nSPS) is 17.2. The first kappa shape index (κ1) is 33.5. The Balaban J connectivity index is 1.36. The first-order chi connectivity index (χ1) is 21.8. The van der Waals surface area contributed by atoms with Gasteiger partial charge in [-0.2, -0.15) is 0 Å². The molecule has 0 aromatic heterocycles. The lowest BCUT2D eigenvalue weighted by molar-refractivity contribution is -0.118. The Morgan fingerprint density at radius 1 is 1.00 bits per heavy atom. The van der Waals surface area contributed by atoms with Gasteiger partial charge in [-0.15, -0.1) is 0 Å². The molecule has 0 N–H and O–H groups in total. The number of halogens is 1. The minimum absolute atomic E-state index is 0.00452. The fourth-order valence-electron chi connectivity index (χ4n) is 6.31. The van der Waals surface area contributed by atoms with E-state index in [1.54, 1.807) is 7.11 Å². The molecular formula is C37H46ClN3O5. The molecule has 8 nitrogen and oxygen atoms in total. The minimum atomic E-state index is -0.490. The molecule has 3 aromatic carbocycles. The second-order valence-electron chi connectivity index (χ2n) is 13.6. The van der Waals surface area contributed by atoms with Crippen LogP contribution in [0.3, 0.4) is 0 Å². The number of rotatable bonds is 8. The van der Waals surface area contributed by atoms with Crippen LogP contribution in [0.2, 0.25) is 5.02 Å². The summed E-state index contributed by atoms with van der Waals surface area (Å²) in [5.74, 6) is 1.74. The van der Waals surface area contributed by atoms with Gasteiger partial charge in [-0.1, -0.05) is 23.7 Å². The fourth-order valence-corrected chi connectivity index (χ4v) is 6.44. The number of nitrogens with zero attached hydrogens (tertiary/aromatic N) is 3. The van der Waals surface area contributed by atoms with Gasteiger partial charge < -0.3 is 28.9 Å². The van der Waals surface area contributed by atoms with Crippen LogP contribution in [-0.4, -0.2) is 62.4 Å². The monoisotopic (exact) mass is 647 g/mol. The number of carbonyl (C=O) groups is 2. The number of fused-ring (bicyclic) bond motifs is 1. The van der Waals surface area contributed by atoms with Crippen LogP contribution in [0.5, 0.6) is 11.5 Å².